The summed E-state index contributed by atoms with van der Waals surface area (Å²) >= 11 is 0. The second kappa shape index (κ2) is 1.77. The van der Waals surface area contributed by atoms with E-state index in [9.17, 15) is 0 Å². The van der Waals surface area contributed by atoms with E-state index in [1.165, 1.54) is 17.6 Å². The minimum Gasteiger partial charge on any atom is -0.0915 e. The van der Waals surface area contributed by atoms with Crippen molar-refractivity contribution < 1.29 is 0 Å². The minimum atomic E-state index is 0.752. The van der Waals surface area contributed by atoms with Gasteiger partial charge in [-0.2, -0.15) is 0 Å². The molecule has 44 valence electrons. The van der Waals surface area contributed by atoms with E-state index < -0.39 is 0 Å². The van der Waals surface area contributed by atoms with Crippen LogP contribution in [0.25, 0.3) is 0 Å². The summed E-state index contributed by atoms with van der Waals surface area (Å²) < 4.78 is 0. The van der Waals surface area contributed by atoms with Crippen LogP contribution < -0.4 is 0 Å². The summed E-state index contributed by atoms with van der Waals surface area (Å²) in [6.45, 7) is 8.27. The maximum atomic E-state index is 3.82. The van der Waals surface area contributed by atoms with Crippen molar-refractivity contribution in [2.45, 2.75) is 20.3 Å². The van der Waals surface area contributed by atoms with Gasteiger partial charge in [0.15, 0.2) is 0 Å². The van der Waals surface area contributed by atoms with E-state index in [0.717, 1.165) is 5.92 Å². The van der Waals surface area contributed by atoms with Crippen LogP contribution in [0.4, 0.5) is 0 Å². The van der Waals surface area contributed by atoms with Crippen molar-refractivity contribution in [3.8, 4) is 0 Å². The molecule has 1 aliphatic carbocycles. The van der Waals surface area contributed by atoms with Crippen molar-refractivity contribution in [2.75, 3.05) is 0 Å². The number of hydrogen-bond acceptors (Lipinski definition) is 0. The van der Waals surface area contributed by atoms with Gasteiger partial charge in [-0.05, 0) is 23.5 Å². The van der Waals surface area contributed by atoms with E-state index in [4.69, 9.17) is 0 Å². The summed E-state index contributed by atoms with van der Waals surface area (Å²) in [5, 5.41) is 0. The van der Waals surface area contributed by atoms with Gasteiger partial charge in [0.05, 0.1) is 0 Å². The quantitative estimate of drug-likeness (QED) is 0.510. The number of hydrogen-bond donors (Lipinski definition) is 0. The Morgan fingerprint density at radius 1 is 1.75 bits per heavy atom. The van der Waals surface area contributed by atoms with Gasteiger partial charge < -0.3 is 0 Å². The molecule has 0 saturated heterocycles. The molecule has 0 radical (unpaired) electrons. The van der Waals surface area contributed by atoms with Gasteiger partial charge in [-0.3, -0.25) is 0 Å². The first-order valence-electron chi connectivity index (χ1n) is 3.16. The highest BCUT2D eigenvalue weighted by molar-refractivity contribution is 5.56. The van der Waals surface area contributed by atoms with Crippen molar-refractivity contribution in [3.63, 3.8) is 0 Å². The molecule has 0 heterocycles. The Morgan fingerprint density at radius 2 is 2.25 bits per heavy atom. The van der Waals surface area contributed by atoms with E-state index in [2.05, 4.69) is 26.5 Å². The molecule has 0 bridgehead atoms. The van der Waals surface area contributed by atoms with Crippen LogP contribution in [0, 0.1) is 5.92 Å². The molecular formula is C8H12. The first-order valence-corrected chi connectivity index (χ1v) is 3.16. The molecule has 0 nitrogen and oxygen atoms in total. The third kappa shape index (κ3) is 0.835. The van der Waals surface area contributed by atoms with Gasteiger partial charge in [-0.1, -0.05) is 26.5 Å². The Kier molecular flexibility index (Phi) is 1.24. The summed E-state index contributed by atoms with van der Waals surface area (Å²) in [6, 6.07) is 0. The van der Waals surface area contributed by atoms with Gasteiger partial charge in [0.1, 0.15) is 0 Å². The molecule has 0 N–H and O–H groups in total. The Morgan fingerprint density at radius 3 is 2.38 bits per heavy atom. The fourth-order valence-electron chi connectivity index (χ4n) is 0.830. The van der Waals surface area contributed by atoms with Crippen LogP contribution in [0.15, 0.2) is 23.8 Å². The van der Waals surface area contributed by atoms with Gasteiger partial charge in [-0.25, -0.2) is 0 Å². The fraction of sp³-hybridized carbons (Fsp3) is 0.500. The fourth-order valence-corrected chi connectivity index (χ4v) is 0.830. The molecule has 0 aromatic carbocycles. The molecule has 0 aromatic rings. The molecule has 0 saturated carbocycles. The van der Waals surface area contributed by atoms with Gasteiger partial charge in [-0.15, -0.1) is 0 Å². The summed E-state index contributed by atoms with van der Waals surface area (Å²) in [7, 11) is 0. The molecule has 1 rings (SSSR count). The van der Waals surface area contributed by atoms with E-state index in [-0.39, 0.29) is 0 Å². The lowest BCUT2D eigenvalue weighted by Gasteiger charge is -1.98. The Labute approximate surface area is 50.9 Å². The Bertz CT molecular complexity index is 140. The molecule has 1 aliphatic rings. The molecule has 0 aliphatic heterocycles. The summed E-state index contributed by atoms with van der Waals surface area (Å²) in [5.41, 5.74) is 2.74. The normalized spacial score (nSPS) is 20.2. The lowest BCUT2D eigenvalue weighted by molar-refractivity contribution is 0.683. The molecule has 0 aromatic heterocycles. The Hall–Kier alpha value is -0.520. The van der Waals surface area contributed by atoms with Crippen LogP contribution >= 0.6 is 0 Å². The zero-order valence-electron chi connectivity index (χ0n) is 5.57. The predicted molar refractivity (Wildman–Crippen MR) is 36.7 cm³/mol. The van der Waals surface area contributed by atoms with Crippen LogP contribution in [0.2, 0.25) is 0 Å². The van der Waals surface area contributed by atoms with Crippen LogP contribution in [0.5, 0.6) is 0 Å². The maximum absolute atomic E-state index is 3.82. The predicted octanol–water partition coefficient (Wildman–Crippen LogP) is 2.53. The van der Waals surface area contributed by atoms with Gasteiger partial charge >= 0.3 is 0 Å². The number of allylic oxidation sites excluding steroid dienone is 3. The third-order valence-corrected chi connectivity index (χ3v) is 1.76. The monoisotopic (exact) mass is 108 g/mol. The van der Waals surface area contributed by atoms with Crippen molar-refractivity contribution in [3.05, 3.63) is 23.8 Å². The largest absolute Gasteiger partial charge is 0.0915 e. The third-order valence-electron chi connectivity index (χ3n) is 1.76. The zero-order chi connectivity index (χ0) is 6.15. The van der Waals surface area contributed by atoms with Crippen LogP contribution in [-0.4, -0.2) is 0 Å². The van der Waals surface area contributed by atoms with E-state index in [0.29, 0.717) is 0 Å². The standard InChI is InChI=1S/C8H12/c1-4-6(2)8-5-7(8)3/h5-6H,3-4H2,1-2H3. The first-order chi connectivity index (χ1) is 3.75. The SMILES string of the molecule is C=C1C=C1C(C)CC. The van der Waals surface area contributed by atoms with Crippen LogP contribution in [0.1, 0.15) is 20.3 Å². The maximum Gasteiger partial charge on any atom is -0.0187 e. The van der Waals surface area contributed by atoms with Gasteiger partial charge in [0.2, 0.25) is 0 Å². The van der Waals surface area contributed by atoms with Crippen molar-refractivity contribution in [1.29, 1.82) is 0 Å². The minimum absolute atomic E-state index is 0.752. The molecule has 0 fully saturated rings. The summed E-state index contributed by atoms with van der Waals surface area (Å²) in [4.78, 5) is 0. The van der Waals surface area contributed by atoms with Crippen LogP contribution in [0.3, 0.4) is 0 Å². The van der Waals surface area contributed by atoms with Crippen LogP contribution in [-0.2, 0) is 0 Å². The van der Waals surface area contributed by atoms with Crippen molar-refractivity contribution in [2.24, 2.45) is 5.92 Å². The molecule has 0 heteroatoms. The molecule has 1 unspecified atom stereocenters. The van der Waals surface area contributed by atoms with E-state index in [1.54, 1.807) is 0 Å². The summed E-state index contributed by atoms with van der Waals surface area (Å²) in [6.07, 6.45) is 3.40. The average molecular weight is 108 g/mol. The van der Waals surface area contributed by atoms with Gasteiger partial charge in [0, 0.05) is 0 Å². The second-order valence-electron chi connectivity index (χ2n) is 2.43. The van der Waals surface area contributed by atoms with Gasteiger partial charge in [0.25, 0.3) is 0 Å². The van der Waals surface area contributed by atoms with Crippen molar-refractivity contribution >= 4 is 0 Å². The molecule has 0 amide bonds. The second-order valence-corrected chi connectivity index (χ2v) is 2.43. The molecule has 8 heavy (non-hydrogen) atoms. The average Bonchev–Trinajstić information content (AvgIpc) is 2.45. The number of rotatable bonds is 2. The lowest BCUT2D eigenvalue weighted by atomic mass is 10.1. The molecule has 1 atom stereocenters. The smallest absolute Gasteiger partial charge is 0.0187 e. The highest BCUT2D eigenvalue weighted by Crippen LogP contribution is 2.34. The van der Waals surface area contributed by atoms with E-state index >= 15 is 0 Å². The highest BCUT2D eigenvalue weighted by atomic mass is 14.2. The highest BCUT2D eigenvalue weighted by Gasteiger charge is 2.17. The summed E-state index contributed by atoms with van der Waals surface area (Å²) in [5.74, 6) is 0.752. The van der Waals surface area contributed by atoms with Crippen molar-refractivity contribution in [1.82, 2.24) is 0 Å². The molecular weight excluding hydrogens is 96.1 g/mol. The first kappa shape index (κ1) is 5.61. The zero-order valence-corrected chi connectivity index (χ0v) is 5.57. The Balaban J connectivity index is 2.39. The van der Waals surface area contributed by atoms with E-state index in [1.807, 2.05) is 0 Å². The molecule has 0 spiro atoms. The lowest BCUT2D eigenvalue weighted by Crippen LogP contribution is -1.86. The topological polar surface area (TPSA) is 0 Å².